The van der Waals surface area contributed by atoms with Crippen LogP contribution in [-0.4, -0.2) is 18.3 Å². The van der Waals surface area contributed by atoms with Gasteiger partial charge in [0.2, 0.25) is 0 Å². The number of hydrogen-bond acceptors (Lipinski definition) is 3. The summed E-state index contributed by atoms with van der Waals surface area (Å²) in [6.07, 6.45) is 4.99. The Morgan fingerprint density at radius 1 is 1.10 bits per heavy atom. The van der Waals surface area contributed by atoms with Crippen LogP contribution in [0.3, 0.4) is 0 Å². The quantitative estimate of drug-likeness (QED) is 0.534. The van der Waals surface area contributed by atoms with Crippen molar-refractivity contribution in [3.05, 3.63) is 29.8 Å². The highest BCUT2D eigenvalue weighted by Crippen LogP contribution is 2.44. The normalized spacial score (nSPS) is 13.4. The third-order valence-corrected chi connectivity index (χ3v) is 10.1. The average Bonchev–Trinajstić information content (AvgIpc) is 2.39. The zero-order valence-electron chi connectivity index (χ0n) is 13.2. The summed E-state index contributed by atoms with van der Waals surface area (Å²) in [6, 6.07) is 0. The van der Waals surface area contributed by atoms with Crippen molar-refractivity contribution in [3.8, 4) is 0 Å². The van der Waals surface area contributed by atoms with Crippen LogP contribution in [0.15, 0.2) is 24.1 Å². The van der Waals surface area contributed by atoms with Gasteiger partial charge in [0, 0.05) is 17.9 Å². The molecule has 20 heavy (non-hydrogen) atoms. The lowest BCUT2D eigenvalue weighted by atomic mass is 10.4. The van der Waals surface area contributed by atoms with E-state index in [2.05, 4.69) is 51.5 Å². The minimum atomic E-state index is -2.01. The Hall–Kier alpha value is -0.873. The Morgan fingerprint density at radius 2 is 1.65 bits per heavy atom. The largest absolute Gasteiger partial charge is 0.541 e. The molecule has 0 fully saturated rings. The molecule has 0 aliphatic rings. The summed E-state index contributed by atoms with van der Waals surface area (Å²) in [6.45, 7) is 13.5. The van der Waals surface area contributed by atoms with Crippen LogP contribution in [0, 0.1) is 0 Å². The summed E-state index contributed by atoms with van der Waals surface area (Å²) in [4.78, 5) is 8.39. The topological polar surface area (TPSA) is 35.0 Å². The monoisotopic (exact) mass is 312 g/mol. The molecule has 1 heterocycles. The molecule has 1 aromatic heterocycles. The van der Waals surface area contributed by atoms with Crippen molar-refractivity contribution in [2.45, 2.75) is 58.2 Å². The number of rotatable bonds is 6. The summed E-state index contributed by atoms with van der Waals surface area (Å²) in [5, 5.41) is 0. The highest BCUT2D eigenvalue weighted by Gasteiger charge is 2.47. The van der Waals surface area contributed by atoms with Gasteiger partial charge < -0.3 is 4.43 Å². The van der Waals surface area contributed by atoms with Crippen LogP contribution in [0.25, 0.3) is 5.76 Å². The van der Waals surface area contributed by atoms with Crippen molar-refractivity contribution in [3.63, 3.8) is 0 Å². The van der Waals surface area contributed by atoms with Crippen molar-refractivity contribution in [2.75, 3.05) is 0 Å². The minimum Gasteiger partial charge on any atom is -0.541 e. The van der Waals surface area contributed by atoms with Gasteiger partial charge in [0.05, 0.1) is 6.20 Å². The lowest BCUT2D eigenvalue weighted by molar-refractivity contribution is 0.443. The molecule has 3 nitrogen and oxygen atoms in total. The van der Waals surface area contributed by atoms with Crippen LogP contribution in [0.1, 0.15) is 47.2 Å². The highest BCUT2D eigenvalue weighted by molar-refractivity contribution is 6.78. The van der Waals surface area contributed by atoms with E-state index in [1.165, 1.54) is 5.54 Å². The predicted octanol–water partition coefficient (Wildman–Crippen LogP) is 5.21. The predicted molar refractivity (Wildman–Crippen MR) is 88.0 cm³/mol. The molecule has 112 valence electrons. The van der Waals surface area contributed by atoms with E-state index < -0.39 is 8.32 Å². The van der Waals surface area contributed by atoms with E-state index >= 15 is 0 Å². The zero-order valence-corrected chi connectivity index (χ0v) is 15.0. The third-order valence-electron chi connectivity index (χ3n) is 3.91. The van der Waals surface area contributed by atoms with Gasteiger partial charge in [-0.25, -0.2) is 4.98 Å². The van der Waals surface area contributed by atoms with E-state index in [1.807, 2.05) is 0 Å². The van der Waals surface area contributed by atoms with Gasteiger partial charge in [-0.05, 0) is 16.6 Å². The first kappa shape index (κ1) is 17.2. The second-order valence-electron chi connectivity index (χ2n) is 5.98. The number of aromatic nitrogens is 2. The molecule has 0 saturated carbocycles. The van der Waals surface area contributed by atoms with Crippen molar-refractivity contribution in [1.82, 2.24) is 9.97 Å². The van der Waals surface area contributed by atoms with Crippen LogP contribution in [0.4, 0.5) is 0 Å². The van der Waals surface area contributed by atoms with E-state index in [4.69, 9.17) is 16.0 Å². The summed E-state index contributed by atoms with van der Waals surface area (Å²) in [5.41, 5.74) is 3.66. The molecule has 0 bridgehead atoms. The van der Waals surface area contributed by atoms with Crippen molar-refractivity contribution >= 4 is 25.7 Å². The van der Waals surface area contributed by atoms with Crippen molar-refractivity contribution in [1.29, 1.82) is 0 Å². The van der Waals surface area contributed by atoms with Gasteiger partial charge >= 0.3 is 0 Å². The van der Waals surface area contributed by atoms with Gasteiger partial charge in [-0.15, -0.1) is 0 Å². The Balaban J connectivity index is 3.18. The highest BCUT2D eigenvalue weighted by atomic mass is 35.5. The van der Waals surface area contributed by atoms with Crippen LogP contribution < -0.4 is 0 Å². The zero-order chi connectivity index (χ0) is 15.3. The molecule has 0 aliphatic carbocycles. The molecule has 0 N–H and O–H groups in total. The maximum atomic E-state index is 6.52. The van der Waals surface area contributed by atoms with Crippen molar-refractivity contribution < 1.29 is 4.43 Å². The molecule has 0 amide bonds. The van der Waals surface area contributed by atoms with E-state index in [0.29, 0.717) is 28.1 Å². The van der Waals surface area contributed by atoms with Crippen LogP contribution in [-0.2, 0) is 4.43 Å². The fraction of sp³-hybridized carbons (Fsp3) is 0.600. The van der Waals surface area contributed by atoms with Crippen LogP contribution in [0.5, 0.6) is 0 Å². The van der Waals surface area contributed by atoms with Gasteiger partial charge in [-0.3, -0.25) is 4.98 Å². The summed E-state index contributed by atoms with van der Waals surface area (Å²) >= 11 is 5.99. The first-order chi connectivity index (χ1) is 9.36. The Labute approximate surface area is 128 Å². The lowest BCUT2D eigenvalue weighted by Crippen LogP contribution is -2.47. The molecule has 0 saturated heterocycles. The molecule has 1 rings (SSSR count). The molecule has 0 atom stereocenters. The fourth-order valence-corrected chi connectivity index (χ4v) is 8.58. The standard InChI is InChI=1S/C15H25ClN2OSi/c1-11(2)20(12(3)4,13(5)6)19-15(9-16)14-10-17-7-8-18-14/h7-13H,1-6H3/b15-9+. The van der Waals surface area contributed by atoms with Crippen molar-refractivity contribution in [2.24, 2.45) is 0 Å². The molecular weight excluding hydrogens is 288 g/mol. The number of hydrogen-bond donors (Lipinski definition) is 0. The van der Waals surface area contributed by atoms with E-state index in [-0.39, 0.29) is 0 Å². The third kappa shape index (κ3) is 3.41. The molecular formula is C15H25ClN2OSi. The average molecular weight is 313 g/mol. The molecule has 5 heteroatoms. The summed E-state index contributed by atoms with van der Waals surface area (Å²) in [5.74, 6) is 0.641. The molecule has 0 aliphatic heterocycles. The van der Waals surface area contributed by atoms with E-state index in [0.717, 1.165) is 0 Å². The smallest absolute Gasteiger partial charge is 0.258 e. The first-order valence-corrected chi connectivity index (χ1v) is 9.69. The molecule has 1 aromatic rings. The molecule has 0 unspecified atom stereocenters. The van der Waals surface area contributed by atoms with Gasteiger partial charge in [0.15, 0.2) is 0 Å². The second kappa shape index (κ2) is 7.23. The molecule has 0 spiro atoms. The molecule has 0 aromatic carbocycles. The molecule has 0 radical (unpaired) electrons. The summed E-state index contributed by atoms with van der Waals surface area (Å²) in [7, 11) is -2.01. The Kier molecular flexibility index (Phi) is 6.21. The van der Waals surface area contributed by atoms with Gasteiger partial charge in [-0.2, -0.15) is 0 Å². The number of halogens is 1. The lowest BCUT2D eigenvalue weighted by Gasteiger charge is -2.42. The number of nitrogens with zero attached hydrogens (tertiary/aromatic N) is 2. The van der Waals surface area contributed by atoms with Gasteiger partial charge in [0.25, 0.3) is 8.32 Å². The summed E-state index contributed by atoms with van der Waals surface area (Å²) < 4.78 is 6.52. The van der Waals surface area contributed by atoms with Crippen LogP contribution in [0.2, 0.25) is 16.6 Å². The van der Waals surface area contributed by atoms with Crippen LogP contribution >= 0.6 is 11.6 Å². The SMILES string of the molecule is CC(C)[Si](O/C(=C/Cl)c1cnccn1)(C(C)C)C(C)C. The maximum Gasteiger partial charge on any atom is 0.258 e. The van der Waals surface area contributed by atoms with E-state index in [1.54, 1.807) is 18.6 Å². The minimum absolute atomic E-state index is 0.491. The van der Waals surface area contributed by atoms with E-state index in [9.17, 15) is 0 Å². The van der Waals surface area contributed by atoms with Gasteiger partial charge in [-0.1, -0.05) is 53.1 Å². The Bertz CT molecular complexity index is 425. The second-order valence-corrected chi connectivity index (χ2v) is 11.6. The van der Waals surface area contributed by atoms with Gasteiger partial charge in [0.1, 0.15) is 11.5 Å². The first-order valence-electron chi connectivity index (χ1n) is 7.12. The maximum absolute atomic E-state index is 6.52. The Morgan fingerprint density at radius 3 is 2.00 bits per heavy atom. The fourth-order valence-electron chi connectivity index (χ4n) is 3.10.